The molecule has 0 spiro atoms. The molecule has 0 radical (unpaired) electrons. The van der Waals surface area contributed by atoms with Gasteiger partial charge in [-0.05, 0) is 60.1 Å². The summed E-state index contributed by atoms with van der Waals surface area (Å²) < 4.78 is 16.6. The second kappa shape index (κ2) is 10.2. The zero-order chi connectivity index (χ0) is 20.6. The summed E-state index contributed by atoms with van der Waals surface area (Å²) in [5, 5.41) is 0. The standard InChI is InChI=1S/C21H33NO5/c1-8-10-26-19(23)14-22(15(3)4)20(24)16-11-17(25-9-2)13-18(12-16)27-21(5,6)7/h11-13,15H,8-10,14H2,1-7H3. The highest BCUT2D eigenvalue weighted by Crippen LogP contribution is 2.27. The number of amides is 1. The number of rotatable bonds is 9. The maximum atomic E-state index is 13.1. The first-order chi connectivity index (χ1) is 12.6. The Balaban J connectivity index is 3.14. The number of esters is 1. The van der Waals surface area contributed by atoms with Gasteiger partial charge in [-0.25, -0.2) is 0 Å². The fourth-order valence-electron chi connectivity index (χ4n) is 2.41. The van der Waals surface area contributed by atoms with Crippen molar-refractivity contribution < 1.29 is 23.8 Å². The van der Waals surface area contributed by atoms with Gasteiger partial charge < -0.3 is 19.1 Å². The van der Waals surface area contributed by atoms with Crippen molar-refractivity contribution in [3.8, 4) is 11.5 Å². The Morgan fingerprint density at radius 1 is 1.07 bits per heavy atom. The second-order valence-corrected chi connectivity index (χ2v) is 7.59. The maximum Gasteiger partial charge on any atom is 0.325 e. The lowest BCUT2D eigenvalue weighted by Gasteiger charge is -2.27. The van der Waals surface area contributed by atoms with Gasteiger partial charge >= 0.3 is 5.97 Å². The van der Waals surface area contributed by atoms with Crippen LogP contribution in [0.5, 0.6) is 11.5 Å². The molecular weight excluding hydrogens is 346 g/mol. The van der Waals surface area contributed by atoms with Crippen LogP contribution in [0.2, 0.25) is 0 Å². The van der Waals surface area contributed by atoms with Crippen LogP contribution in [0.1, 0.15) is 65.2 Å². The highest BCUT2D eigenvalue weighted by molar-refractivity contribution is 5.97. The van der Waals surface area contributed by atoms with E-state index in [1.165, 1.54) is 4.90 Å². The Morgan fingerprint density at radius 3 is 2.22 bits per heavy atom. The van der Waals surface area contributed by atoms with Gasteiger partial charge in [-0.2, -0.15) is 0 Å². The van der Waals surface area contributed by atoms with Crippen LogP contribution in [0.4, 0.5) is 0 Å². The van der Waals surface area contributed by atoms with Gasteiger partial charge in [0, 0.05) is 17.7 Å². The molecule has 0 aliphatic rings. The number of benzene rings is 1. The minimum Gasteiger partial charge on any atom is -0.494 e. The first-order valence-corrected chi connectivity index (χ1v) is 9.50. The highest BCUT2D eigenvalue weighted by Gasteiger charge is 2.24. The van der Waals surface area contributed by atoms with Crippen molar-refractivity contribution in [3.63, 3.8) is 0 Å². The predicted molar refractivity (Wildman–Crippen MR) is 105 cm³/mol. The molecule has 6 heteroatoms. The van der Waals surface area contributed by atoms with Gasteiger partial charge in [0.25, 0.3) is 5.91 Å². The normalized spacial score (nSPS) is 11.3. The van der Waals surface area contributed by atoms with Crippen molar-refractivity contribution in [2.24, 2.45) is 0 Å². The van der Waals surface area contributed by atoms with E-state index in [4.69, 9.17) is 14.2 Å². The van der Waals surface area contributed by atoms with E-state index in [1.54, 1.807) is 18.2 Å². The minimum absolute atomic E-state index is 0.0924. The molecule has 6 nitrogen and oxygen atoms in total. The molecule has 0 saturated heterocycles. The van der Waals surface area contributed by atoms with Gasteiger partial charge in [0.1, 0.15) is 23.6 Å². The van der Waals surface area contributed by atoms with Crippen molar-refractivity contribution in [1.82, 2.24) is 4.90 Å². The number of hydrogen-bond donors (Lipinski definition) is 0. The molecule has 0 atom stereocenters. The van der Waals surface area contributed by atoms with Gasteiger partial charge in [0.15, 0.2) is 0 Å². The zero-order valence-corrected chi connectivity index (χ0v) is 17.6. The molecular formula is C21H33NO5. The molecule has 0 fully saturated rings. The summed E-state index contributed by atoms with van der Waals surface area (Å²) in [6.07, 6.45) is 0.741. The molecule has 0 aromatic heterocycles. The summed E-state index contributed by atoms with van der Waals surface area (Å²) in [5.41, 5.74) is 0.00419. The van der Waals surface area contributed by atoms with Crippen LogP contribution >= 0.6 is 0 Å². The second-order valence-electron chi connectivity index (χ2n) is 7.59. The lowest BCUT2D eigenvalue weighted by Crippen LogP contribution is -2.41. The summed E-state index contributed by atoms with van der Waals surface area (Å²) in [4.78, 5) is 26.6. The van der Waals surface area contributed by atoms with Gasteiger partial charge in [0.05, 0.1) is 13.2 Å². The fraction of sp³-hybridized carbons (Fsp3) is 0.619. The topological polar surface area (TPSA) is 65.1 Å². The Morgan fingerprint density at radius 2 is 1.70 bits per heavy atom. The molecule has 0 heterocycles. The molecule has 0 aliphatic heterocycles. The van der Waals surface area contributed by atoms with E-state index in [1.807, 2.05) is 48.5 Å². The molecule has 1 aromatic carbocycles. The van der Waals surface area contributed by atoms with Crippen LogP contribution in [-0.2, 0) is 9.53 Å². The van der Waals surface area contributed by atoms with Gasteiger partial charge in [-0.1, -0.05) is 6.92 Å². The van der Waals surface area contributed by atoms with E-state index in [-0.39, 0.29) is 18.5 Å². The first-order valence-electron chi connectivity index (χ1n) is 9.50. The SMILES string of the molecule is CCCOC(=O)CN(C(=O)c1cc(OCC)cc(OC(C)(C)C)c1)C(C)C. The Bertz CT molecular complexity index is 634. The maximum absolute atomic E-state index is 13.1. The third-order valence-electron chi connectivity index (χ3n) is 3.51. The molecule has 0 N–H and O–H groups in total. The van der Waals surface area contributed by atoms with Crippen molar-refractivity contribution >= 4 is 11.9 Å². The quantitative estimate of drug-likeness (QED) is 0.605. The summed E-state index contributed by atoms with van der Waals surface area (Å²) in [5.74, 6) is 0.429. The molecule has 0 bridgehead atoms. The molecule has 1 rings (SSSR count). The molecule has 0 unspecified atom stereocenters. The van der Waals surface area contributed by atoms with Crippen LogP contribution < -0.4 is 9.47 Å². The van der Waals surface area contributed by atoms with Crippen molar-refractivity contribution in [2.45, 2.75) is 66.5 Å². The van der Waals surface area contributed by atoms with Crippen LogP contribution in [0.3, 0.4) is 0 Å². The van der Waals surface area contributed by atoms with E-state index >= 15 is 0 Å². The minimum atomic E-state index is -0.411. The van der Waals surface area contributed by atoms with Crippen LogP contribution in [0.15, 0.2) is 18.2 Å². The van der Waals surface area contributed by atoms with Crippen LogP contribution in [0, 0.1) is 0 Å². The van der Waals surface area contributed by atoms with Gasteiger partial charge in [-0.15, -0.1) is 0 Å². The van der Waals surface area contributed by atoms with Gasteiger partial charge in [0.2, 0.25) is 0 Å². The Labute approximate surface area is 162 Å². The lowest BCUT2D eigenvalue weighted by molar-refractivity contribution is -0.144. The van der Waals surface area contributed by atoms with Crippen molar-refractivity contribution in [2.75, 3.05) is 19.8 Å². The number of hydrogen-bond acceptors (Lipinski definition) is 5. The number of carbonyl (C=O) groups is 2. The molecule has 152 valence electrons. The average molecular weight is 379 g/mol. The molecule has 27 heavy (non-hydrogen) atoms. The zero-order valence-electron chi connectivity index (χ0n) is 17.6. The molecule has 0 aliphatic carbocycles. The van der Waals surface area contributed by atoms with E-state index in [9.17, 15) is 9.59 Å². The molecule has 0 saturated carbocycles. The summed E-state index contributed by atoms with van der Waals surface area (Å²) in [7, 11) is 0. The largest absolute Gasteiger partial charge is 0.494 e. The van der Waals surface area contributed by atoms with E-state index < -0.39 is 11.6 Å². The fourth-order valence-corrected chi connectivity index (χ4v) is 2.41. The lowest BCUT2D eigenvalue weighted by atomic mass is 10.1. The molecule has 1 amide bonds. The first kappa shape index (κ1) is 22.8. The number of nitrogens with zero attached hydrogens (tertiary/aromatic N) is 1. The average Bonchev–Trinajstić information content (AvgIpc) is 2.55. The Kier molecular flexibility index (Phi) is 8.60. The van der Waals surface area contributed by atoms with Crippen LogP contribution in [0.25, 0.3) is 0 Å². The smallest absolute Gasteiger partial charge is 0.325 e. The van der Waals surface area contributed by atoms with E-state index in [2.05, 4.69) is 0 Å². The number of carbonyl (C=O) groups excluding carboxylic acids is 2. The third-order valence-corrected chi connectivity index (χ3v) is 3.51. The summed E-state index contributed by atoms with van der Waals surface area (Å²) in [6.45, 7) is 14.1. The van der Waals surface area contributed by atoms with Crippen molar-refractivity contribution in [1.29, 1.82) is 0 Å². The van der Waals surface area contributed by atoms with Crippen LogP contribution in [-0.4, -0.2) is 48.2 Å². The van der Waals surface area contributed by atoms with E-state index in [0.29, 0.717) is 30.3 Å². The summed E-state index contributed by atoms with van der Waals surface area (Å²) >= 11 is 0. The Hall–Kier alpha value is -2.24. The summed E-state index contributed by atoms with van der Waals surface area (Å²) in [6, 6.07) is 4.96. The monoisotopic (exact) mass is 379 g/mol. The predicted octanol–water partition coefficient (Wildman–Crippen LogP) is 4.07. The van der Waals surface area contributed by atoms with E-state index in [0.717, 1.165) is 6.42 Å². The highest BCUT2D eigenvalue weighted by atomic mass is 16.5. The number of ether oxygens (including phenoxy) is 3. The van der Waals surface area contributed by atoms with Crippen molar-refractivity contribution in [3.05, 3.63) is 23.8 Å². The molecule has 1 aromatic rings. The van der Waals surface area contributed by atoms with Gasteiger partial charge in [-0.3, -0.25) is 9.59 Å². The third kappa shape index (κ3) is 7.89.